The van der Waals surface area contributed by atoms with Crippen molar-refractivity contribution in [3.63, 3.8) is 0 Å². The maximum atomic E-state index is 6.06. The largest absolute Gasteiger partial charge is 0.489 e. The van der Waals surface area contributed by atoms with Crippen LogP contribution in [0.5, 0.6) is 5.75 Å². The van der Waals surface area contributed by atoms with Crippen LogP contribution < -0.4 is 10.1 Å². The molecule has 0 aromatic heterocycles. The zero-order valence-corrected chi connectivity index (χ0v) is 17.3. The van der Waals surface area contributed by atoms with Crippen molar-refractivity contribution in [3.05, 3.63) is 91.9 Å². The maximum Gasteiger partial charge on any atom is 0.124 e. The van der Waals surface area contributed by atoms with Crippen molar-refractivity contribution in [2.24, 2.45) is 0 Å². The van der Waals surface area contributed by atoms with Crippen molar-refractivity contribution in [2.75, 3.05) is 5.32 Å². The van der Waals surface area contributed by atoms with E-state index in [1.165, 1.54) is 5.56 Å². The van der Waals surface area contributed by atoms with Crippen molar-refractivity contribution in [3.8, 4) is 5.75 Å². The molecule has 0 spiro atoms. The summed E-state index contributed by atoms with van der Waals surface area (Å²) in [7, 11) is 0. The lowest BCUT2D eigenvalue weighted by Crippen LogP contribution is -2.04. The minimum atomic E-state index is 0.527. The van der Waals surface area contributed by atoms with E-state index in [9.17, 15) is 0 Å². The van der Waals surface area contributed by atoms with Gasteiger partial charge in [-0.25, -0.2) is 0 Å². The Morgan fingerprint density at radius 2 is 1.73 bits per heavy atom. The number of rotatable bonds is 6. The van der Waals surface area contributed by atoms with Gasteiger partial charge in [0.25, 0.3) is 0 Å². The predicted octanol–water partition coefficient (Wildman–Crippen LogP) is 7.26. The summed E-state index contributed by atoms with van der Waals surface area (Å²) in [4.78, 5) is 0. The Bertz CT molecular complexity index is 894. The van der Waals surface area contributed by atoms with Crippen LogP contribution in [0.1, 0.15) is 16.7 Å². The van der Waals surface area contributed by atoms with E-state index in [0.717, 1.165) is 27.0 Å². The van der Waals surface area contributed by atoms with Gasteiger partial charge < -0.3 is 10.1 Å². The molecular formula is C21H18BrCl2NO. The van der Waals surface area contributed by atoms with E-state index in [1.807, 2.05) is 36.4 Å². The fraction of sp³-hybridized carbons (Fsp3) is 0.143. The van der Waals surface area contributed by atoms with Gasteiger partial charge >= 0.3 is 0 Å². The van der Waals surface area contributed by atoms with Crippen LogP contribution >= 0.6 is 39.1 Å². The Labute approximate surface area is 172 Å². The molecule has 0 amide bonds. The molecule has 0 saturated carbocycles. The van der Waals surface area contributed by atoms with E-state index < -0.39 is 0 Å². The van der Waals surface area contributed by atoms with Crippen LogP contribution in [-0.2, 0) is 13.2 Å². The quantitative estimate of drug-likeness (QED) is 0.426. The number of benzene rings is 3. The van der Waals surface area contributed by atoms with Gasteiger partial charge in [-0.15, -0.1) is 0 Å². The van der Waals surface area contributed by atoms with Gasteiger partial charge in [0.1, 0.15) is 12.4 Å². The molecule has 0 fully saturated rings. The number of nitrogens with one attached hydrogen (secondary N) is 1. The first-order valence-corrected chi connectivity index (χ1v) is 9.71. The molecule has 134 valence electrons. The predicted molar refractivity (Wildman–Crippen MR) is 113 cm³/mol. The van der Waals surface area contributed by atoms with E-state index in [1.54, 1.807) is 6.07 Å². The summed E-state index contributed by atoms with van der Waals surface area (Å²) in [6, 6.07) is 19.7. The molecular weight excluding hydrogens is 433 g/mol. The second-order valence-corrected chi connectivity index (χ2v) is 7.83. The molecule has 0 heterocycles. The zero-order valence-electron chi connectivity index (χ0n) is 14.2. The summed E-state index contributed by atoms with van der Waals surface area (Å²) in [5.41, 5.74) is 4.28. The highest BCUT2D eigenvalue weighted by Crippen LogP contribution is 2.27. The Morgan fingerprint density at radius 3 is 2.46 bits per heavy atom. The van der Waals surface area contributed by atoms with E-state index in [2.05, 4.69) is 46.4 Å². The van der Waals surface area contributed by atoms with Crippen LogP contribution in [0, 0.1) is 6.92 Å². The third-order valence-electron chi connectivity index (χ3n) is 3.84. The third-order valence-corrected chi connectivity index (χ3v) is 4.77. The minimum Gasteiger partial charge on any atom is -0.489 e. The van der Waals surface area contributed by atoms with Gasteiger partial charge in [-0.2, -0.15) is 0 Å². The van der Waals surface area contributed by atoms with Gasteiger partial charge in [-0.05, 0) is 48.9 Å². The molecule has 0 radical (unpaired) electrons. The smallest absolute Gasteiger partial charge is 0.124 e. The summed E-state index contributed by atoms with van der Waals surface area (Å²) in [6.07, 6.45) is 0. The van der Waals surface area contributed by atoms with Crippen LogP contribution in [-0.4, -0.2) is 0 Å². The summed E-state index contributed by atoms with van der Waals surface area (Å²) in [5.74, 6) is 0.843. The van der Waals surface area contributed by atoms with Crippen LogP contribution in [0.3, 0.4) is 0 Å². The molecule has 0 bridgehead atoms. The number of hydrogen-bond donors (Lipinski definition) is 1. The number of anilines is 1. The number of ether oxygens (including phenoxy) is 1. The second kappa shape index (κ2) is 8.81. The molecule has 3 aromatic rings. The fourth-order valence-electron chi connectivity index (χ4n) is 2.64. The first-order valence-electron chi connectivity index (χ1n) is 8.16. The van der Waals surface area contributed by atoms with Gasteiger partial charge in [0.15, 0.2) is 0 Å². The van der Waals surface area contributed by atoms with E-state index >= 15 is 0 Å². The van der Waals surface area contributed by atoms with Gasteiger partial charge in [0.2, 0.25) is 0 Å². The molecule has 0 saturated heterocycles. The van der Waals surface area contributed by atoms with Crippen molar-refractivity contribution in [1.82, 2.24) is 0 Å². The minimum absolute atomic E-state index is 0.527. The zero-order chi connectivity index (χ0) is 18.5. The summed E-state index contributed by atoms with van der Waals surface area (Å²) >= 11 is 15.6. The van der Waals surface area contributed by atoms with Crippen LogP contribution in [0.15, 0.2) is 65.1 Å². The lowest BCUT2D eigenvalue weighted by Gasteiger charge is -2.14. The van der Waals surface area contributed by atoms with Crippen LogP contribution in [0.2, 0.25) is 10.0 Å². The first kappa shape index (κ1) is 19.1. The molecule has 3 rings (SSSR count). The molecule has 0 aliphatic heterocycles. The monoisotopic (exact) mass is 449 g/mol. The Kier molecular flexibility index (Phi) is 6.47. The molecule has 26 heavy (non-hydrogen) atoms. The average Bonchev–Trinajstić information content (AvgIpc) is 2.58. The Morgan fingerprint density at radius 1 is 0.962 bits per heavy atom. The van der Waals surface area contributed by atoms with Gasteiger partial charge in [0, 0.05) is 32.3 Å². The molecule has 3 aromatic carbocycles. The van der Waals surface area contributed by atoms with Crippen LogP contribution in [0.4, 0.5) is 5.69 Å². The van der Waals surface area contributed by atoms with Crippen molar-refractivity contribution >= 4 is 44.8 Å². The third kappa shape index (κ3) is 5.41. The second-order valence-electron chi connectivity index (χ2n) is 6.04. The van der Waals surface area contributed by atoms with E-state index in [-0.39, 0.29) is 0 Å². The Hall–Kier alpha value is -1.68. The maximum absolute atomic E-state index is 6.06. The summed E-state index contributed by atoms with van der Waals surface area (Å²) < 4.78 is 7.06. The first-order chi connectivity index (χ1) is 12.5. The SMILES string of the molecule is Cc1cccc(COc2ccc(Br)cc2CNc2cc(Cl)cc(Cl)c2)c1. The highest BCUT2D eigenvalue weighted by Gasteiger charge is 2.07. The van der Waals surface area contributed by atoms with Crippen molar-refractivity contribution in [1.29, 1.82) is 0 Å². The average molecular weight is 451 g/mol. The number of halogens is 3. The normalized spacial score (nSPS) is 10.6. The number of aryl methyl sites for hydroxylation is 1. The topological polar surface area (TPSA) is 21.3 Å². The molecule has 0 atom stereocenters. The standard InChI is InChI=1S/C21H18BrCl2NO/c1-14-3-2-4-15(7-14)13-26-21-6-5-17(22)8-16(21)12-25-20-10-18(23)9-19(24)11-20/h2-11,25H,12-13H2,1H3. The van der Waals surface area contributed by atoms with Gasteiger partial charge in [0.05, 0.1) is 0 Å². The Balaban J connectivity index is 1.73. The van der Waals surface area contributed by atoms with E-state index in [4.69, 9.17) is 27.9 Å². The highest BCUT2D eigenvalue weighted by molar-refractivity contribution is 9.10. The van der Waals surface area contributed by atoms with Crippen LogP contribution in [0.25, 0.3) is 0 Å². The summed E-state index contributed by atoms with van der Waals surface area (Å²) in [6.45, 7) is 3.20. The lowest BCUT2D eigenvalue weighted by molar-refractivity contribution is 0.303. The highest BCUT2D eigenvalue weighted by atomic mass is 79.9. The summed E-state index contributed by atoms with van der Waals surface area (Å²) in [5, 5.41) is 4.55. The molecule has 0 aliphatic carbocycles. The molecule has 1 N–H and O–H groups in total. The molecule has 0 aliphatic rings. The number of hydrogen-bond acceptors (Lipinski definition) is 2. The fourth-order valence-corrected chi connectivity index (χ4v) is 3.58. The molecule has 2 nitrogen and oxygen atoms in total. The molecule has 5 heteroatoms. The van der Waals surface area contributed by atoms with Crippen molar-refractivity contribution in [2.45, 2.75) is 20.1 Å². The van der Waals surface area contributed by atoms with Gasteiger partial charge in [-0.1, -0.05) is 69.0 Å². The van der Waals surface area contributed by atoms with E-state index in [0.29, 0.717) is 23.2 Å². The molecule has 0 unspecified atom stereocenters. The van der Waals surface area contributed by atoms with Gasteiger partial charge in [-0.3, -0.25) is 0 Å². The van der Waals surface area contributed by atoms with Crippen molar-refractivity contribution < 1.29 is 4.74 Å². The lowest BCUT2D eigenvalue weighted by atomic mass is 10.1.